The van der Waals surface area contributed by atoms with Crippen molar-refractivity contribution in [2.75, 3.05) is 0 Å². The number of hydrogen-bond donors (Lipinski definition) is 2. The molecule has 0 aliphatic rings. The van der Waals surface area contributed by atoms with Gasteiger partial charge in [0.25, 0.3) is 11.5 Å². The van der Waals surface area contributed by atoms with Crippen LogP contribution in [0.25, 0.3) is 10.8 Å². The van der Waals surface area contributed by atoms with E-state index >= 15 is 0 Å². The minimum Gasteiger partial charge on any atom is -0.344 e. The van der Waals surface area contributed by atoms with Gasteiger partial charge < -0.3 is 5.32 Å². The first-order valence-corrected chi connectivity index (χ1v) is 7.10. The molecule has 1 amide bonds. The molecular formula is C17H14FN3O2. The molecule has 6 heteroatoms. The Bertz CT molecular complexity index is 919. The second kappa shape index (κ2) is 6.00. The number of aromatic nitrogens is 2. The van der Waals surface area contributed by atoms with Crippen LogP contribution >= 0.6 is 0 Å². The van der Waals surface area contributed by atoms with Crippen molar-refractivity contribution in [2.24, 2.45) is 0 Å². The van der Waals surface area contributed by atoms with Crippen molar-refractivity contribution < 1.29 is 9.18 Å². The van der Waals surface area contributed by atoms with Crippen molar-refractivity contribution in [2.45, 2.75) is 13.0 Å². The molecule has 2 N–H and O–H groups in total. The fourth-order valence-corrected chi connectivity index (χ4v) is 2.39. The normalized spacial score (nSPS) is 12.1. The Hall–Kier alpha value is -3.02. The van der Waals surface area contributed by atoms with Crippen molar-refractivity contribution in [1.29, 1.82) is 0 Å². The van der Waals surface area contributed by atoms with E-state index in [0.29, 0.717) is 10.8 Å². The number of nitrogens with zero attached hydrogens (tertiary/aromatic N) is 1. The Morgan fingerprint density at radius 1 is 1.13 bits per heavy atom. The number of rotatable bonds is 3. The highest BCUT2D eigenvalue weighted by Gasteiger charge is 2.16. The van der Waals surface area contributed by atoms with Crippen molar-refractivity contribution >= 4 is 16.7 Å². The van der Waals surface area contributed by atoms with Gasteiger partial charge in [-0.3, -0.25) is 9.59 Å². The van der Waals surface area contributed by atoms with Crippen molar-refractivity contribution in [3.63, 3.8) is 0 Å². The van der Waals surface area contributed by atoms with E-state index in [4.69, 9.17) is 0 Å². The molecule has 23 heavy (non-hydrogen) atoms. The summed E-state index contributed by atoms with van der Waals surface area (Å²) in [7, 11) is 0. The summed E-state index contributed by atoms with van der Waals surface area (Å²) in [5.41, 5.74) is 0.575. The van der Waals surface area contributed by atoms with E-state index < -0.39 is 5.91 Å². The summed E-state index contributed by atoms with van der Waals surface area (Å²) in [6, 6.07) is 12.3. The third kappa shape index (κ3) is 2.96. The van der Waals surface area contributed by atoms with Crippen molar-refractivity contribution in [1.82, 2.24) is 15.5 Å². The lowest BCUT2D eigenvalue weighted by Gasteiger charge is -2.14. The van der Waals surface area contributed by atoms with Crippen LogP contribution in [0.15, 0.2) is 53.3 Å². The minimum atomic E-state index is -0.408. The van der Waals surface area contributed by atoms with Crippen molar-refractivity contribution in [3.8, 4) is 0 Å². The Balaban J connectivity index is 1.91. The molecule has 3 rings (SSSR count). The molecule has 5 nitrogen and oxygen atoms in total. The molecule has 0 saturated heterocycles. The van der Waals surface area contributed by atoms with Crippen LogP contribution in [0.3, 0.4) is 0 Å². The number of benzene rings is 2. The lowest BCUT2D eigenvalue weighted by Crippen LogP contribution is -2.29. The van der Waals surface area contributed by atoms with Crippen LogP contribution in [0, 0.1) is 5.82 Å². The van der Waals surface area contributed by atoms with Gasteiger partial charge in [0.1, 0.15) is 5.82 Å². The summed E-state index contributed by atoms with van der Waals surface area (Å²) in [6.07, 6.45) is 0. The van der Waals surface area contributed by atoms with Gasteiger partial charge in [-0.1, -0.05) is 30.3 Å². The highest BCUT2D eigenvalue weighted by Crippen LogP contribution is 2.16. The lowest BCUT2D eigenvalue weighted by atomic mass is 10.1. The van der Waals surface area contributed by atoms with E-state index in [1.807, 2.05) is 0 Å². The zero-order chi connectivity index (χ0) is 16.4. The van der Waals surface area contributed by atoms with E-state index in [9.17, 15) is 14.0 Å². The largest absolute Gasteiger partial charge is 0.344 e. The monoisotopic (exact) mass is 311 g/mol. The number of halogens is 1. The van der Waals surface area contributed by atoms with E-state index in [-0.39, 0.29) is 23.1 Å². The molecule has 116 valence electrons. The van der Waals surface area contributed by atoms with Gasteiger partial charge >= 0.3 is 0 Å². The Morgan fingerprint density at radius 2 is 1.78 bits per heavy atom. The number of carbonyl (C=O) groups is 1. The van der Waals surface area contributed by atoms with Gasteiger partial charge in [-0.05, 0) is 30.7 Å². The first kappa shape index (κ1) is 14.9. The zero-order valence-corrected chi connectivity index (χ0v) is 12.3. The molecule has 0 saturated carbocycles. The average molecular weight is 311 g/mol. The number of fused-ring (bicyclic) bond motifs is 1. The van der Waals surface area contributed by atoms with Crippen LogP contribution in [0.5, 0.6) is 0 Å². The Morgan fingerprint density at radius 3 is 2.48 bits per heavy atom. The first-order chi connectivity index (χ1) is 11.1. The molecule has 1 atom stereocenters. The summed E-state index contributed by atoms with van der Waals surface area (Å²) in [5.74, 6) is -0.741. The number of carbonyl (C=O) groups excluding carboxylic acids is 1. The molecule has 3 aromatic rings. The van der Waals surface area contributed by atoms with E-state index in [1.165, 1.54) is 12.1 Å². The first-order valence-electron chi connectivity index (χ1n) is 7.10. The highest BCUT2D eigenvalue weighted by molar-refractivity contribution is 6.04. The van der Waals surface area contributed by atoms with E-state index in [1.54, 1.807) is 43.3 Å². The highest BCUT2D eigenvalue weighted by atomic mass is 19.1. The fraction of sp³-hybridized carbons (Fsp3) is 0.118. The minimum absolute atomic E-state index is 0.147. The van der Waals surface area contributed by atoms with Crippen LogP contribution < -0.4 is 10.9 Å². The zero-order valence-electron chi connectivity index (χ0n) is 12.3. The van der Waals surface area contributed by atoms with E-state index in [0.717, 1.165) is 5.56 Å². The molecule has 1 aromatic heterocycles. The number of hydrogen-bond acceptors (Lipinski definition) is 3. The van der Waals surface area contributed by atoms with Crippen LogP contribution in [-0.2, 0) is 0 Å². The summed E-state index contributed by atoms with van der Waals surface area (Å²) in [4.78, 5) is 24.2. The molecule has 0 fully saturated rings. The fourth-order valence-electron chi connectivity index (χ4n) is 2.39. The van der Waals surface area contributed by atoms with Crippen LogP contribution in [0.2, 0.25) is 0 Å². The molecule has 1 unspecified atom stereocenters. The number of amides is 1. The molecule has 0 radical (unpaired) electrons. The summed E-state index contributed by atoms with van der Waals surface area (Å²) >= 11 is 0. The Labute approximate surface area is 131 Å². The standard InChI is InChI=1S/C17H14FN3O2/c1-10(11-6-8-12(18)9-7-11)19-17(23)15-13-4-2-3-5-14(13)16(22)21-20-15/h2-10H,1H3,(H,19,23)(H,21,22). The maximum absolute atomic E-state index is 13.0. The predicted molar refractivity (Wildman–Crippen MR) is 84.6 cm³/mol. The predicted octanol–water partition coefficient (Wildman–Crippen LogP) is 2.55. The third-order valence-corrected chi connectivity index (χ3v) is 3.63. The summed E-state index contributed by atoms with van der Waals surface area (Å²) in [6.45, 7) is 1.79. The van der Waals surface area contributed by atoms with Crippen molar-refractivity contribution in [3.05, 3.63) is 76.0 Å². The summed E-state index contributed by atoms with van der Waals surface area (Å²) < 4.78 is 13.0. The quantitative estimate of drug-likeness (QED) is 0.780. The average Bonchev–Trinajstić information content (AvgIpc) is 2.56. The summed E-state index contributed by atoms with van der Waals surface area (Å²) in [5, 5.41) is 9.87. The molecule has 0 bridgehead atoms. The topological polar surface area (TPSA) is 74.8 Å². The second-order valence-corrected chi connectivity index (χ2v) is 5.19. The maximum atomic E-state index is 13.0. The number of H-pyrrole nitrogens is 1. The van der Waals surface area contributed by atoms with Gasteiger partial charge in [-0.25, -0.2) is 9.49 Å². The molecule has 2 aromatic carbocycles. The lowest BCUT2D eigenvalue weighted by molar-refractivity contribution is 0.0935. The number of aromatic amines is 1. The molecule has 1 heterocycles. The van der Waals surface area contributed by atoms with Gasteiger partial charge in [0.2, 0.25) is 0 Å². The smallest absolute Gasteiger partial charge is 0.272 e. The molecular weight excluding hydrogens is 297 g/mol. The van der Waals surface area contributed by atoms with Crippen LogP contribution in [0.1, 0.15) is 29.0 Å². The number of nitrogens with one attached hydrogen (secondary N) is 2. The molecule has 0 aliphatic carbocycles. The SMILES string of the molecule is CC(NC(=O)c1n[nH]c(=O)c2ccccc12)c1ccc(F)cc1. The van der Waals surface area contributed by atoms with Gasteiger partial charge in [0, 0.05) is 5.39 Å². The van der Waals surface area contributed by atoms with Gasteiger partial charge in [-0.15, -0.1) is 0 Å². The molecule has 0 spiro atoms. The third-order valence-electron chi connectivity index (χ3n) is 3.63. The molecule has 0 aliphatic heterocycles. The second-order valence-electron chi connectivity index (χ2n) is 5.19. The Kier molecular flexibility index (Phi) is 3.89. The van der Waals surface area contributed by atoms with Gasteiger partial charge in [0.15, 0.2) is 5.69 Å². The van der Waals surface area contributed by atoms with Gasteiger partial charge in [-0.2, -0.15) is 5.10 Å². The maximum Gasteiger partial charge on any atom is 0.272 e. The van der Waals surface area contributed by atoms with Gasteiger partial charge in [0.05, 0.1) is 11.4 Å². The van der Waals surface area contributed by atoms with E-state index in [2.05, 4.69) is 15.5 Å². The van der Waals surface area contributed by atoms with Crippen LogP contribution in [-0.4, -0.2) is 16.1 Å². The van der Waals surface area contributed by atoms with Crippen LogP contribution in [0.4, 0.5) is 4.39 Å².